The summed E-state index contributed by atoms with van der Waals surface area (Å²) in [4.78, 5) is 11.1. The Morgan fingerprint density at radius 3 is 3.08 bits per heavy atom. The molecule has 0 spiro atoms. The Morgan fingerprint density at radius 1 is 1.62 bits per heavy atom. The molecule has 0 amide bonds. The fourth-order valence-electron chi connectivity index (χ4n) is 1.58. The molecule has 0 aromatic heterocycles. The minimum atomic E-state index is -0.0616. The van der Waals surface area contributed by atoms with Gasteiger partial charge in [0.25, 0.3) is 0 Å². The summed E-state index contributed by atoms with van der Waals surface area (Å²) in [5, 5.41) is 3.88. The Kier molecular flexibility index (Phi) is 2.00. The molecule has 2 rings (SSSR count). The lowest BCUT2D eigenvalue weighted by Crippen LogP contribution is -2.23. The number of fused-ring (bicyclic) bond motifs is 1. The first-order chi connectivity index (χ1) is 6.16. The molecule has 0 bridgehead atoms. The third kappa shape index (κ3) is 1.54. The van der Waals surface area contributed by atoms with Gasteiger partial charge in [-0.15, -0.1) is 0 Å². The lowest BCUT2D eigenvalue weighted by Gasteiger charge is -2.04. The normalized spacial score (nSPS) is 19.4. The van der Waals surface area contributed by atoms with Gasteiger partial charge in [-0.25, -0.2) is 0 Å². The number of nitrogens with one attached hydrogen (secondary N) is 1. The molecule has 1 aromatic rings. The van der Waals surface area contributed by atoms with Crippen LogP contribution in [0, 0.1) is 0 Å². The van der Waals surface area contributed by atoms with E-state index < -0.39 is 0 Å². The van der Waals surface area contributed by atoms with Gasteiger partial charge in [0.05, 0.1) is 6.04 Å². The quantitative estimate of drug-likeness (QED) is 0.745. The molecule has 3 heteroatoms. The second-order valence-electron chi connectivity index (χ2n) is 3.31. The van der Waals surface area contributed by atoms with Crippen LogP contribution in [0.3, 0.4) is 0 Å². The smallest absolute Gasteiger partial charge is 0.152 e. The molecule has 13 heavy (non-hydrogen) atoms. The Hall–Kier alpha value is -1.02. The van der Waals surface area contributed by atoms with Crippen LogP contribution in [0.1, 0.15) is 12.5 Å². The maximum absolute atomic E-state index is 11.1. The van der Waals surface area contributed by atoms with Gasteiger partial charge in [0.2, 0.25) is 0 Å². The fourth-order valence-corrected chi connectivity index (χ4v) is 1.77. The van der Waals surface area contributed by atoms with Crippen LogP contribution in [-0.2, 0) is 11.2 Å². The van der Waals surface area contributed by atoms with E-state index in [1.807, 2.05) is 18.2 Å². The molecule has 1 aliphatic heterocycles. The summed E-state index contributed by atoms with van der Waals surface area (Å²) in [7, 11) is 0. The molecule has 0 saturated heterocycles. The second-order valence-corrected chi connectivity index (χ2v) is 3.75. The number of rotatable bonds is 1. The van der Waals surface area contributed by atoms with Crippen molar-refractivity contribution in [3.63, 3.8) is 0 Å². The Bertz CT molecular complexity index is 362. The van der Waals surface area contributed by atoms with Crippen molar-refractivity contribution in [3.05, 3.63) is 28.8 Å². The highest BCUT2D eigenvalue weighted by atomic mass is 35.5. The average Bonchev–Trinajstić information content (AvgIpc) is 2.46. The molecule has 1 unspecified atom stereocenters. The molecular weight excluding hydrogens is 186 g/mol. The molecule has 68 valence electrons. The minimum Gasteiger partial charge on any atom is -0.375 e. The summed E-state index contributed by atoms with van der Waals surface area (Å²) in [6.45, 7) is 1.60. The van der Waals surface area contributed by atoms with Gasteiger partial charge in [0.15, 0.2) is 5.78 Å². The van der Waals surface area contributed by atoms with Crippen molar-refractivity contribution >= 4 is 23.1 Å². The van der Waals surface area contributed by atoms with E-state index in [9.17, 15) is 4.79 Å². The zero-order valence-electron chi connectivity index (χ0n) is 7.30. The Morgan fingerprint density at radius 2 is 2.38 bits per heavy atom. The standard InChI is InChI=1S/C10H10ClNO/c1-6(13)10-5-7-4-8(11)2-3-9(7)12-10/h2-4,10,12H,5H2,1H3. The van der Waals surface area contributed by atoms with E-state index in [-0.39, 0.29) is 11.8 Å². The Balaban J connectivity index is 2.30. The number of benzene rings is 1. The van der Waals surface area contributed by atoms with Crippen LogP contribution in [0.5, 0.6) is 0 Å². The van der Waals surface area contributed by atoms with E-state index >= 15 is 0 Å². The van der Waals surface area contributed by atoms with Crippen molar-refractivity contribution in [1.82, 2.24) is 0 Å². The summed E-state index contributed by atoms with van der Waals surface area (Å²) >= 11 is 5.84. The molecule has 0 aliphatic carbocycles. The van der Waals surface area contributed by atoms with Crippen molar-refractivity contribution < 1.29 is 4.79 Å². The van der Waals surface area contributed by atoms with Crippen molar-refractivity contribution in [1.29, 1.82) is 0 Å². The molecule has 1 heterocycles. The van der Waals surface area contributed by atoms with Crippen LogP contribution in [0.15, 0.2) is 18.2 Å². The summed E-state index contributed by atoms with van der Waals surface area (Å²) < 4.78 is 0. The number of anilines is 1. The van der Waals surface area contributed by atoms with Gasteiger partial charge in [-0.05, 0) is 30.7 Å². The number of hydrogen-bond acceptors (Lipinski definition) is 2. The van der Waals surface area contributed by atoms with E-state index in [4.69, 9.17) is 11.6 Å². The van der Waals surface area contributed by atoms with Crippen LogP contribution in [0.2, 0.25) is 5.02 Å². The average molecular weight is 196 g/mol. The van der Waals surface area contributed by atoms with Crippen molar-refractivity contribution in [2.45, 2.75) is 19.4 Å². The van der Waals surface area contributed by atoms with E-state index in [1.54, 1.807) is 6.92 Å². The lowest BCUT2D eigenvalue weighted by molar-refractivity contribution is -0.117. The molecule has 1 aromatic carbocycles. The first-order valence-corrected chi connectivity index (χ1v) is 4.60. The summed E-state index contributed by atoms with van der Waals surface area (Å²) in [6, 6.07) is 5.59. The second kappa shape index (κ2) is 3.04. The number of carbonyl (C=O) groups is 1. The van der Waals surface area contributed by atoms with Gasteiger partial charge in [-0.1, -0.05) is 11.6 Å². The highest BCUT2D eigenvalue weighted by Gasteiger charge is 2.23. The highest BCUT2D eigenvalue weighted by molar-refractivity contribution is 6.30. The summed E-state index contributed by atoms with van der Waals surface area (Å²) in [5.41, 5.74) is 2.16. The number of hydrogen-bond donors (Lipinski definition) is 1. The van der Waals surface area contributed by atoms with Crippen LogP contribution < -0.4 is 5.32 Å². The highest BCUT2D eigenvalue weighted by Crippen LogP contribution is 2.28. The van der Waals surface area contributed by atoms with Crippen molar-refractivity contribution in [2.75, 3.05) is 5.32 Å². The first kappa shape index (κ1) is 8.57. The number of ketones is 1. The first-order valence-electron chi connectivity index (χ1n) is 4.22. The maximum atomic E-state index is 11.1. The van der Waals surface area contributed by atoms with E-state index in [0.29, 0.717) is 0 Å². The van der Waals surface area contributed by atoms with Crippen LogP contribution >= 0.6 is 11.6 Å². The monoisotopic (exact) mass is 195 g/mol. The van der Waals surface area contributed by atoms with Gasteiger partial charge in [0.1, 0.15) is 0 Å². The summed E-state index contributed by atoms with van der Waals surface area (Å²) in [5.74, 6) is 0.173. The fraction of sp³-hybridized carbons (Fsp3) is 0.300. The van der Waals surface area contributed by atoms with E-state index in [2.05, 4.69) is 5.32 Å². The topological polar surface area (TPSA) is 29.1 Å². The molecule has 2 nitrogen and oxygen atoms in total. The van der Waals surface area contributed by atoms with Gasteiger partial charge in [-0.2, -0.15) is 0 Å². The van der Waals surface area contributed by atoms with Crippen LogP contribution in [-0.4, -0.2) is 11.8 Å². The number of carbonyl (C=O) groups excluding carboxylic acids is 1. The summed E-state index contributed by atoms with van der Waals surface area (Å²) in [6.07, 6.45) is 0.755. The lowest BCUT2D eigenvalue weighted by atomic mass is 10.1. The minimum absolute atomic E-state index is 0.0616. The molecule has 1 aliphatic rings. The largest absolute Gasteiger partial charge is 0.375 e. The molecule has 0 fully saturated rings. The molecule has 1 atom stereocenters. The number of halogens is 1. The van der Waals surface area contributed by atoms with Crippen molar-refractivity contribution in [3.8, 4) is 0 Å². The maximum Gasteiger partial charge on any atom is 0.152 e. The predicted molar refractivity (Wildman–Crippen MR) is 53.2 cm³/mol. The van der Waals surface area contributed by atoms with Gasteiger partial charge in [-0.3, -0.25) is 4.79 Å². The zero-order chi connectivity index (χ0) is 9.42. The Labute approximate surface area is 81.9 Å². The molecule has 1 N–H and O–H groups in total. The predicted octanol–water partition coefficient (Wildman–Crippen LogP) is 2.27. The van der Waals surface area contributed by atoms with Crippen LogP contribution in [0.25, 0.3) is 0 Å². The molecule has 0 radical (unpaired) electrons. The third-order valence-electron chi connectivity index (χ3n) is 2.31. The SMILES string of the molecule is CC(=O)C1Cc2cc(Cl)ccc2N1. The van der Waals surface area contributed by atoms with Crippen molar-refractivity contribution in [2.24, 2.45) is 0 Å². The van der Waals surface area contributed by atoms with E-state index in [0.717, 1.165) is 22.7 Å². The molecule has 0 saturated carbocycles. The van der Waals surface area contributed by atoms with Gasteiger partial charge >= 0.3 is 0 Å². The number of Topliss-reactive ketones (excluding diaryl/α,β-unsaturated/α-hetero) is 1. The molecular formula is C10H10ClNO. The van der Waals surface area contributed by atoms with E-state index in [1.165, 1.54) is 0 Å². The third-order valence-corrected chi connectivity index (χ3v) is 2.55. The van der Waals surface area contributed by atoms with Gasteiger partial charge < -0.3 is 5.32 Å². The van der Waals surface area contributed by atoms with Crippen LogP contribution in [0.4, 0.5) is 5.69 Å². The van der Waals surface area contributed by atoms with Gasteiger partial charge in [0, 0.05) is 17.1 Å². The zero-order valence-corrected chi connectivity index (χ0v) is 8.06.